The molecule has 10 heteroatoms. The molecule has 2 fully saturated rings. The van der Waals surface area contributed by atoms with Gasteiger partial charge in [-0.3, -0.25) is 0 Å². The summed E-state index contributed by atoms with van der Waals surface area (Å²) in [5.41, 5.74) is 0. The third kappa shape index (κ3) is 4.22. The quantitative estimate of drug-likeness (QED) is 0.285. The largest absolute Gasteiger partial charge is 0.394 e. The summed E-state index contributed by atoms with van der Waals surface area (Å²) in [6, 6.07) is 0. The fourth-order valence-electron chi connectivity index (χ4n) is 2.91. The zero-order chi connectivity index (χ0) is 17.9. The molecular formula is C14H26O10. The van der Waals surface area contributed by atoms with Crippen LogP contribution in [0.3, 0.4) is 0 Å². The van der Waals surface area contributed by atoms with E-state index in [9.17, 15) is 30.6 Å². The van der Waals surface area contributed by atoms with Crippen molar-refractivity contribution in [2.24, 2.45) is 0 Å². The van der Waals surface area contributed by atoms with Crippen molar-refractivity contribution in [3.05, 3.63) is 0 Å². The molecule has 2 aliphatic heterocycles. The summed E-state index contributed by atoms with van der Waals surface area (Å²) in [6.07, 6.45) is -10.7. The van der Waals surface area contributed by atoms with Gasteiger partial charge in [-0.2, -0.15) is 0 Å². The maximum atomic E-state index is 10.2. The lowest BCUT2D eigenvalue weighted by molar-refractivity contribution is -0.345. The lowest BCUT2D eigenvalue weighted by Crippen LogP contribution is -2.62. The van der Waals surface area contributed by atoms with Crippen LogP contribution in [-0.2, 0) is 18.9 Å². The molecule has 0 aromatic carbocycles. The highest BCUT2D eigenvalue weighted by Gasteiger charge is 2.48. The summed E-state index contributed by atoms with van der Waals surface area (Å²) in [5.74, 6) is 0. The molecule has 142 valence electrons. The molecule has 2 rings (SSSR count). The minimum Gasteiger partial charge on any atom is -0.394 e. The second-order valence-corrected chi connectivity index (χ2v) is 5.85. The number of aliphatic hydroxyl groups excluding tert-OH is 6. The number of hydrogen-bond donors (Lipinski definition) is 6. The number of aliphatic hydroxyl groups is 6. The van der Waals surface area contributed by atoms with Crippen LogP contribution in [-0.4, -0.2) is 106 Å². The van der Waals surface area contributed by atoms with Gasteiger partial charge in [-0.05, 0) is 6.92 Å². The van der Waals surface area contributed by atoms with Crippen LogP contribution in [0.2, 0.25) is 0 Å². The zero-order valence-corrected chi connectivity index (χ0v) is 13.3. The van der Waals surface area contributed by atoms with Gasteiger partial charge in [0.05, 0.1) is 19.3 Å². The molecule has 0 amide bonds. The van der Waals surface area contributed by atoms with Gasteiger partial charge in [0, 0.05) is 13.0 Å². The summed E-state index contributed by atoms with van der Waals surface area (Å²) < 4.78 is 21.4. The maximum Gasteiger partial charge on any atom is 0.184 e. The predicted molar refractivity (Wildman–Crippen MR) is 76.6 cm³/mol. The Hall–Kier alpha value is -0.400. The fraction of sp³-hybridized carbons (Fsp3) is 1.00. The van der Waals surface area contributed by atoms with Crippen molar-refractivity contribution in [1.82, 2.24) is 0 Å². The Morgan fingerprint density at radius 2 is 1.62 bits per heavy atom. The topological polar surface area (TPSA) is 158 Å². The second-order valence-electron chi connectivity index (χ2n) is 5.85. The molecule has 0 aromatic heterocycles. The Balaban J connectivity index is 2.05. The highest BCUT2D eigenvalue weighted by Crippen LogP contribution is 2.29. The Bertz CT molecular complexity index is 381. The third-order valence-corrected chi connectivity index (χ3v) is 4.20. The monoisotopic (exact) mass is 354 g/mol. The van der Waals surface area contributed by atoms with Crippen LogP contribution in [0.5, 0.6) is 0 Å². The van der Waals surface area contributed by atoms with Crippen molar-refractivity contribution in [2.45, 2.75) is 68.7 Å². The van der Waals surface area contributed by atoms with Crippen LogP contribution in [0.1, 0.15) is 13.3 Å². The number of ether oxygens (including phenoxy) is 4. The van der Waals surface area contributed by atoms with E-state index in [2.05, 4.69) is 0 Å². The third-order valence-electron chi connectivity index (χ3n) is 4.20. The summed E-state index contributed by atoms with van der Waals surface area (Å²) in [4.78, 5) is 0. The summed E-state index contributed by atoms with van der Waals surface area (Å²) in [7, 11) is 0. The van der Waals surface area contributed by atoms with Gasteiger partial charge in [0.1, 0.15) is 36.6 Å². The minimum atomic E-state index is -1.67. The Morgan fingerprint density at radius 1 is 0.958 bits per heavy atom. The van der Waals surface area contributed by atoms with Crippen molar-refractivity contribution in [2.75, 3.05) is 19.8 Å². The minimum absolute atomic E-state index is 0.141. The molecule has 0 radical (unpaired) electrons. The smallest absolute Gasteiger partial charge is 0.184 e. The molecule has 24 heavy (non-hydrogen) atoms. The molecule has 9 atom stereocenters. The summed E-state index contributed by atoms with van der Waals surface area (Å²) >= 11 is 0. The van der Waals surface area contributed by atoms with E-state index in [0.717, 1.165) is 0 Å². The fourth-order valence-corrected chi connectivity index (χ4v) is 2.91. The highest BCUT2D eigenvalue weighted by molar-refractivity contribution is 4.91. The Labute approximate surface area is 139 Å². The lowest BCUT2D eigenvalue weighted by Gasteiger charge is -2.44. The van der Waals surface area contributed by atoms with Crippen LogP contribution in [0.15, 0.2) is 0 Å². The lowest BCUT2D eigenvalue weighted by atomic mass is 9.98. The number of hydrogen-bond acceptors (Lipinski definition) is 10. The van der Waals surface area contributed by atoms with E-state index in [1.807, 2.05) is 0 Å². The van der Waals surface area contributed by atoms with Gasteiger partial charge in [-0.15, -0.1) is 0 Å². The molecule has 2 aliphatic rings. The number of rotatable bonds is 6. The molecule has 10 nitrogen and oxygen atoms in total. The zero-order valence-electron chi connectivity index (χ0n) is 13.3. The molecule has 0 aromatic rings. The molecule has 0 saturated carbocycles. The molecular weight excluding hydrogens is 328 g/mol. The first kappa shape index (κ1) is 19.9. The van der Waals surface area contributed by atoms with E-state index in [-0.39, 0.29) is 13.0 Å². The van der Waals surface area contributed by atoms with Crippen LogP contribution in [0, 0.1) is 0 Å². The van der Waals surface area contributed by atoms with Crippen molar-refractivity contribution in [3.8, 4) is 0 Å². The van der Waals surface area contributed by atoms with Gasteiger partial charge in [0.25, 0.3) is 0 Å². The maximum absolute atomic E-state index is 10.2. The van der Waals surface area contributed by atoms with E-state index < -0.39 is 61.9 Å². The molecule has 9 unspecified atom stereocenters. The predicted octanol–water partition coefficient (Wildman–Crippen LogP) is -3.32. The SMILES string of the molecule is CCOC1CC(O)C(OC2C(CO)OC(O)C(O)C2O)OC1CO. The van der Waals surface area contributed by atoms with E-state index in [0.29, 0.717) is 6.61 Å². The first-order chi connectivity index (χ1) is 11.4. The van der Waals surface area contributed by atoms with E-state index >= 15 is 0 Å². The van der Waals surface area contributed by atoms with Gasteiger partial charge in [0.15, 0.2) is 12.6 Å². The standard InChI is InChI=1S/C14H26O10/c1-2-21-7-3-6(17)14(23-8(7)4-15)24-12-9(5-16)22-13(20)11(19)10(12)18/h6-20H,2-5H2,1H3. The van der Waals surface area contributed by atoms with Crippen LogP contribution in [0.4, 0.5) is 0 Å². The highest BCUT2D eigenvalue weighted by atomic mass is 16.7. The molecule has 0 spiro atoms. The second kappa shape index (κ2) is 8.81. The van der Waals surface area contributed by atoms with Gasteiger partial charge < -0.3 is 49.6 Å². The Morgan fingerprint density at radius 3 is 2.21 bits per heavy atom. The molecule has 0 aliphatic carbocycles. The first-order valence-electron chi connectivity index (χ1n) is 7.94. The van der Waals surface area contributed by atoms with Gasteiger partial charge in [-0.25, -0.2) is 0 Å². The summed E-state index contributed by atoms with van der Waals surface area (Å²) in [6.45, 7) is 1.22. The van der Waals surface area contributed by atoms with Crippen molar-refractivity contribution >= 4 is 0 Å². The van der Waals surface area contributed by atoms with Crippen LogP contribution >= 0.6 is 0 Å². The average molecular weight is 354 g/mol. The Kier molecular flexibility index (Phi) is 7.31. The molecule has 0 bridgehead atoms. The van der Waals surface area contributed by atoms with E-state index in [4.69, 9.17) is 18.9 Å². The van der Waals surface area contributed by atoms with Crippen molar-refractivity contribution in [3.63, 3.8) is 0 Å². The van der Waals surface area contributed by atoms with Crippen molar-refractivity contribution < 1.29 is 49.6 Å². The van der Waals surface area contributed by atoms with Crippen LogP contribution < -0.4 is 0 Å². The van der Waals surface area contributed by atoms with E-state index in [1.165, 1.54) is 0 Å². The molecule has 2 saturated heterocycles. The van der Waals surface area contributed by atoms with Crippen LogP contribution in [0.25, 0.3) is 0 Å². The van der Waals surface area contributed by atoms with Gasteiger partial charge >= 0.3 is 0 Å². The average Bonchev–Trinajstić information content (AvgIpc) is 2.57. The van der Waals surface area contributed by atoms with Crippen molar-refractivity contribution in [1.29, 1.82) is 0 Å². The van der Waals surface area contributed by atoms with E-state index in [1.54, 1.807) is 6.92 Å². The first-order valence-corrected chi connectivity index (χ1v) is 7.94. The molecule has 2 heterocycles. The normalized spacial score (nSPS) is 46.9. The summed E-state index contributed by atoms with van der Waals surface area (Å²) in [5, 5.41) is 58.1. The molecule has 6 N–H and O–H groups in total. The van der Waals surface area contributed by atoms with Gasteiger partial charge in [0.2, 0.25) is 0 Å². The van der Waals surface area contributed by atoms with Gasteiger partial charge in [-0.1, -0.05) is 0 Å².